The topological polar surface area (TPSA) is 87.7 Å². The molecule has 0 radical (unpaired) electrons. The van der Waals surface area contributed by atoms with Crippen molar-refractivity contribution in [2.24, 2.45) is 5.92 Å². The second kappa shape index (κ2) is 13.0. The Morgan fingerprint density at radius 2 is 1.73 bits per heavy atom. The Morgan fingerprint density at radius 1 is 1.02 bits per heavy atom. The minimum absolute atomic E-state index is 0.118. The molecule has 218 valence electrons. The van der Waals surface area contributed by atoms with Gasteiger partial charge in [0, 0.05) is 11.7 Å². The van der Waals surface area contributed by atoms with Crippen molar-refractivity contribution in [1.82, 2.24) is 10.2 Å². The van der Waals surface area contributed by atoms with Crippen LogP contribution in [0.25, 0.3) is 10.8 Å². The Bertz CT molecular complexity index is 1400. The molecule has 4 unspecified atom stereocenters. The molecule has 1 fully saturated rings. The van der Waals surface area contributed by atoms with E-state index in [4.69, 9.17) is 4.74 Å². The number of thioether (sulfide) groups is 1. The van der Waals surface area contributed by atoms with Gasteiger partial charge in [0.05, 0.1) is 0 Å². The van der Waals surface area contributed by atoms with Crippen LogP contribution in [0.3, 0.4) is 0 Å². The molecule has 0 spiro atoms. The molecule has 7 nitrogen and oxygen atoms in total. The van der Waals surface area contributed by atoms with E-state index in [-0.39, 0.29) is 23.8 Å². The van der Waals surface area contributed by atoms with Gasteiger partial charge in [0.1, 0.15) is 17.7 Å². The van der Waals surface area contributed by atoms with E-state index in [1.54, 1.807) is 37.4 Å². The van der Waals surface area contributed by atoms with Crippen molar-refractivity contribution in [2.75, 3.05) is 17.3 Å². The molecule has 0 aliphatic heterocycles. The summed E-state index contributed by atoms with van der Waals surface area (Å²) >= 11 is 1.60. The maximum atomic E-state index is 14.4. The van der Waals surface area contributed by atoms with Crippen LogP contribution < -0.4 is 10.6 Å². The summed E-state index contributed by atoms with van der Waals surface area (Å²) in [6, 6.07) is 19.7. The van der Waals surface area contributed by atoms with Gasteiger partial charge in [0.2, 0.25) is 5.91 Å². The number of alkyl carbamates (subject to hydrolysis) is 1. The van der Waals surface area contributed by atoms with Gasteiger partial charge in [-0.1, -0.05) is 67.1 Å². The highest BCUT2D eigenvalue weighted by Gasteiger charge is 2.48. The van der Waals surface area contributed by atoms with Crippen LogP contribution in [0.2, 0.25) is 0 Å². The van der Waals surface area contributed by atoms with Gasteiger partial charge in [-0.25, -0.2) is 4.79 Å². The SMILES string of the molecule is CSCCC(NC(=O)OC(C)(C)C)C(=O)N(C(C(=O)Nc1ccc2ccccc2c1)c1cccc(C)c1)C1CC1C. The molecule has 4 atom stereocenters. The van der Waals surface area contributed by atoms with E-state index in [1.807, 2.05) is 79.9 Å². The average Bonchev–Trinajstić information content (AvgIpc) is 3.63. The number of carbonyl (C=O) groups excluding carboxylic acids is 3. The van der Waals surface area contributed by atoms with Crippen molar-refractivity contribution in [2.45, 2.75) is 71.2 Å². The van der Waals surface area contributed by atoms with Crippen molar-refractivity contribution in [3.05, 3.63) is 77.9 Å². The fourth-order valence-corrected chi connectivity index (χ4v) is 5.52. The molecule has 0 aromatic heterocycles. The van der Waals surface area contributed by atoms with Crippen LogP contribution >= 0.6 is 11.8 Å². The first-order chi connectivity index (χ1) is 19.5. The van der Waals surface area contributed by atoms with E-state index in [1.165, 1.54) is 0 Å². The maximum Gasteiger partial charge on any atom is 0.408 e. The number of ether oxygens (including phenoxy) is 1. The van der Waals surface area contributed by atoms with Crippen LogP contribution in [0.4, 0.5) is 10.5 Å². The van der Waals surface area contributed by atoms with E-state index in [2.05, 4.69) is 17.6 Å². The van der Waals surface area contributed by atoms with Crippen molar-refractivity contribution >= 4 is 46.1 Å². The highest BCUT2D eigenvalue weighted by molar-refractivity contribution is 7.98. The van der Waals surface area contributed by atoms with Crippen molar-refractivity contribution in [3.8, 4) is 0 Å². The fourth-order valence-electron chi connectivity index (χ4n) is 5.05. The number of carbonyl (C=O) groups is 3. The molecule has 3 aromatic rings. The van der Waals surface area contributed by atoms with Crippen LogP contribution in [-0.2, 0) is 14.3 Å². The number of nitrogens with zero attached hydrogens (tertiary/aromatic N) is 1. The summed E-state index contributed by atoms with van der Waals surface area (Å²) in [5.74, 6) is 0.333. The van der Waals surface area contributed by atoms with E-state index in [0.717, 1.165) is 28.3 Å². The summed E-state index contributed by atoms with van der Waals surface area (Å²) in [4.78, 5) is 43.0. The smallest absolute Gasteiger partial charge is 0.408 e. The number of aryl methyl sites for hydroxylation is 1. The van der Waals surface area contributed by atoms with Gasteiger partial charge in [-0.2, -0.15) is 11.8 Å². The standard InChI is InChI=1S/C33H41N3O4S/c1-21-10-9-13-25(18-21)29(30(37)34-26-15-14-23-11-7-8-12-24(23)20-26)36(28-19-22(28)2)31(38)27(16-17-41-6)35-32(39)40-33(3,4)5/h7-15,18,20,22,27-29H,16-17,19H2,1-6H3,(H,34,37)(H,35,39). The molecular weight excluding hydrogens is 534 g/mol. The first kappa shape index (κ1) is 30.4. The van der Waals surface area contributed by atoms with Gasteiger partial charge >= 0.3 is 6.09 Å². The summed E-state index contributed by atoms with van der Waals surface area (Å²) in [5.41, 5.74) is 1.68. The average molecular weight is 576 g/mol. The Balaban J connectivity index is 1.70. The number of nitrogens with one attached hydrogen (secondary N) is 2. The summed E-state index contributed by atoms with van der Waals surface area (Å²) in [5, 5.41) is 8.00. The van der Waals surface area contributed by atoms with E-state index >= 15 is 0 Å². The zero-order valence-corrected chi connectivity index (χ0v) is 25.6. The number of benzene rings is 3. The maximum absolute atomic E-state index is 14.4. The number of fused-ring (bicyclic) bond motifs is 1. The van der Waals surface area contributed by atoms with Gasteiger partial charge in [0.15, 0.2) is 0 Å². The van der Waals surface area contributed by atoms with Gasteiger partial charge in [-0.15, -0.1) is 0 Å². The second-order valence-electron chi connectivity index (χ2n) is 11.9. The number of hydrogen-bond donors (Lipinski definition) is 2. The van der Waals surface area contributed by atoms with Gasteiger partial charge in [-0.05, 0) is 86.9 Å². The molecule has 0 heterocycles. The molecule has 4 rings (SSSR count). The Kier molecular flexibility index (Phi) is 9.64. The van der Waals surface area contributed by atoms with E-state index < -0.39 is 23.8 Å². The molecule has 1 aliphatic rings. The van der Waals surface area contributed by atoms with Crippen LogP contribution in [0.15, 0.2) is 66.7 Å². The molecule has 0 bridgehead atoms. The van der Waals surface area contributed by atoms with E-state index in [9.17, 15) is 14.4 Å². The summed E-state index contributed by atoms with van der Waals surface area (Å²) in [6.07, 6.45) is 2.53. The molecule has 8 heteroatoms. The Labute approximate surface area is 247 Å². The fraction of sp³-hybridized carbons (Fsp3) is 0.424. The first-order valence-corrected chi connectivity index (χ1v) is 15.5. The third kappa shape index (κ3) is 8.03. The predicted molar refractivity (Wildman–Crippen MR) is 167 cm³/mol. The molecule has 1 aliphatic carbocycles. The zero-order chi connectivity index (χ0) is 29.7. The van der Waals surface area contributed by atoms with E-state index in [0.29, 0.717) is 17.9 Å². The van der Waals surface area contributed by atoms with Crippen molar-refractivity contribution in [3.63, 3.8) is 0 Å². The lowest BCUT2D eigenvalue weighted by atomic mass is 9.99. The number of anilines is 1. The lowest BCUT2D eigenvalue weighted by Crippen LogP contribution is -2.53. The molecule has 3 aromatic carbocycles. The lowest BCUT2D eigenvalue weighted by molar-refractivity contribution is -0.141. The summed E-state index contributed by atoms with van der Waals surface area (Å²) in [7, 11) is 0. The highest BCUT2D eigenvalue weighted by Crippen LogP contribution is 2.41. The van der Waals surface area contributed by atoms with Crippen LogP contribution in [0, 0.1) is 12.8 Å². The monoisotopic (exact) mass is 575 g/mol. The second-order valence-corrected chi connectivity index (χ2v) is 12.9. The van der Waals surface area contributed by atoms with Crippen LogP contribution in [0.1, 0.15) is 57.7 Å². The van der Waals surface area contributed by atoms with Gasteiger partial charge < -0.3 is 20.3 Å². The number of rotatable bonds is 10. The third-order valence-corrected chi connectivity index (χ3v) is 7.82. The minimum Gasteiger partial charge on any atom is -0.444 e. The molecule has 3 amide bonds. The lowest BCUT2D eigenvalue weighted by Gasteiger charge is -2.35. The van der Waals surface area contributed by atoms with Gasteiger partial charge in [0.25, 0.3) is 5.91 Å². The highest BCUT2D eigenvalue weighted by atomic mass is 32.2. The van der Waals surface area contributed by atoms with Gasteiger partial charge in [-0.3, -0.25) is 9.59 Å². The normalized spacial score (nSPS) is 17.8. The van der Waals surface area contributed by atoms with Crippen molar-refractivity contribution in [1.29, 1.82) is 0 Å². The third-order valence-electron chi connectivity index (χ3n) is 7.18. The summed E-state index contributed by atoms with van der Waals surface area (Å²) < 4.78 is 5.49. The Morgan fingerprint density at radius 3 is 2.37 bits per heavy atom. The number of amides is 3. The van der Waals surface area contributed by atoms with Crippen LogP contribution in [-0.4, -0.2) is 52.5 Å². The Hall–Kier alpha value is -3.52. The predicted octanol–water partition coefficient (Wildman–Crippen LogP) is 6.71. The van der Waals surface area contributed by atoms with Crippen LogP contribution in [0.5, 0.6) is 0 Å². The quantitative estimate of drug-likeness (QED) is 0.281. The molecular formula is C33H41N3O4S. The minimum atomic E-state index is -0.874. The molecule has 2 N–H and O–H groups in total. The van der Waals surface area contributed by atoms with Crippen molar-refractivity contribution < 1.29 is 19.1 Å². The zero-order valence-electron chi connectivity index (χ0n) is 24.8. The number of hydrogen-bond acceptors (Lipinski definition) is 5. The summed E-state index contributed by atoms with van der Waals surface area (Å²) in [6.45, 7) is 9.41. The first-order valence-electron chi connectivity index (χ1n) is 14.1. The largest absolute Gasteiger partial charge is 0.444 e. The molecule has 0 saturated heterocycles. The molecule has 1 saturated carbocycles. The molecule has 41 heavy (non-hydrogen) atoms.